The molecule has 27 heavy (non-hydrogen) atoms. The molecule has 2 unspecified atom stereocenters. The third-order valence-electron chi connectivity index (χ3n) is 4.02. The SMILES string of the molecule is CC(NC(=O)C(NC(=O)c1ccco1)C(C)C)c1ccc(NC(N)=O)cc1. The van der Waals surface area contributed by atoms with Crippen molar-refractivity contribution in [1.29, 1.82) is 0 Å². The van der Waals surface area contributed by atoms with E-state index in [4.69, 9.17) is 10.2 Å². The first-order valence-corrected chi connectivity index (χ1v) is 8.59. The van der Waals surface area contributed by atoms with Crippen molar-refractivity contribution in [2.24, 2.45) is 11.7 Å². The van der Waals surface area contributed by atoms with E-state index >= 15 is 0 Å². The Morgan fingerprint density at radius 3 is 2.19 bits per heavy atom. The van der Waals surface area contributed by atoms with Gasteiger partial charge in [0, 0.05) is 5.69 Å². The van der Waals surface area contributed by atoms with Crippen LogP contribution in [0.25, 0.3) is 0 Å². The second-order valence-electron chi connectivity index (χ2n) is 6.51. The van der Waals surface area contributed by atoms with Crippen LogP contribution in [0.4, 0.5) is 10.5 Å². The van der Waals surface area contributed by atoms with Gasteiger partial charge in [-0.2, -0.15) is 0 Å². The fourth-order valence-electron chi connectivity index (χ4n) is 2.54. The van der Waals surface area contributed by atoms with Crippen molar-refractivity contribution in [2.45, 2.75) is 32.9 Å². The van der Waals surface area contributed by atoms with E-state index in [2.05, 4.69) is 16.0 Å². The van der Waals surface area contributed by atoms with Gasteiger partial charge < -0.3 is 26.1 Å². The largest absolute Gasteiger partial charge is 0.459 e. The summed E-state index contributed by atoms with van der Waals surface area (Å²) in [5, 5.41) is 8.07. The van der Waals surface area contributed by atoms with Gasteiger partial charge in [-0.3, -0.25) is 9.59 Å². The normalized spacial score (nSPS) is 12.9. The van der Waals surface area contributed by atoms with Crippen LogP contribution in [-0.2, 0) is 4.79 Å². The number of primary amides is 1. The summed E-state index contributed by atoms with van der Waals surface area (Å²) in [6, 6.07) is 8.46. The molecule has 1 heterocycles. The molecule has 2 rings (SSSR count). The minimum Gasteiger partial charge on any atom is -0.459 e. The summed E-state index contributed by atoms with van der Waals surface area (Å²) < 4.78 is 5.06. The number of urea groups is 1. The van der Waals surface area contributed by atoms with E-state index in [-0.39, 0.29) is 23.6 Å². The van der Waals surface area contributed by atoms with Crippen LogP contribution in [0.1, 0.15) is 42.9 Å². The molecule has 1 aromatic heterocycles. The molecule has 0 saturated heterocycles. The van der Waals surface area contributed by atoms with Crippen molar-refractivity contribution in [1.82, 2.24) is 10.6 Å². The summed E-state index contributed by atoms with van der Waals surface area (Å²) in [5.74, 6) is -0.697. The molecule has 144 valence electrons. The zero-order chi connectivity index (χ0) is 20.0. The van der Waals surface area contributed by atoms with Crippen molar-refractivity contribution in [3.8, 4) is 0 Å². The van der Waals surface area contributed by atoms with E-state index in [9.17, 15) is 14.4 Å². The fourth-order valence-corrected chi connectivity index (χ4v) is 2.54. The van der Waals surface area contributed by atoms with Crippen LogP contribution in [0.15, 0.2) is 47.1 Å². The number of benzene rings is 1. The summed E-state index contributed by atoms with van der Waals surface area (Å²) in [6.45, 7) is 5.53. The first-order chi connectivity index (χ1) is 12.8. The minimum atomic E-state index is -0.708. The molecule has 2 atom stereocenters. The number of rotatable bonds is 7. The van der Waals surface area contributed by atoms with E-state index in [1.54, 1.807) is 30.3 Å². The number of carbonyl (C=O) groups is 3. The molecule has 1 aromatic carbocycles. The predicted octanol–water partition coefficient (Wildman–Crippen LogP) is 2.40. The quantitative estimate of drug-likeness (QED) is 0.595. The molecule has 8 heteroatoms. The van der Waals surface area contributed by atoms with Crippen molar-refractivity contribution in [2.75, 3.05) is 5.32 Å². The Morgan fingerprint density at radius 1 is 1.00 bits per heavy atom. The lowest BCUT2D eigenvalue weighted by Gasteiger charge is -2.24. The molecule has 0 aliphatic carbocycles. The number of furan rings is 1. The molecule has 2 aromatic rings. The Bertz CT molecular complexity index is 785. The standard InChI is InChI=1S/C19H24N4O4/c1-11(2)16(23-17(24)15-5-4-10-27-15)18(25)21-12(3)13-6-8-14(9-7-13)22-19(20)26/h4-12,16H,1-3H3,(H,21,25)(H,23,24)(H3,20,22,26). The fraction of sp³-hybridized carbons (Fsp3) is 0.316. The van der Waals surface area contributed by atoms with Gasteiger partial charge in [0.2, 0.25) is 5.91 Å². The maximum Gasteiger partial charge on any atom is 0.316 e. The molecule has 0 bridgehead atoms. The highest BCUT2D eigenvalue weighted by Crippen LogP contribution is 2.17. The van der Waals surface area contributed by atoms with Gasteiger partial charge in [0.1, 0.15) is 6.04 Å². The highest BCUT2D eigenvalue weighted by Gasteiger charge is 2.26. The van der Waals surface area contributed by atoms with Crippen LogP contribution in [0.2, 0.25) is 0 Å². The van der Waals surface area contributed by atoms with Crippen LogP contribution in [-0.4, -0.2) is 23.9 Å². The van der Waals surface area contributed by atoms with Crippen molar-refractivity contribution >= 4 is 23.5 Å². The second-order valence-corrected chi connectivity index (χ2v) is 6.51. The van der Waals surface area contributed by atoms with E-state index < -0.39 is 18.0 Å². The summed E-state index contributed by atoms with van der Waals surface area (Å²) in [6.07, 6.45) is 1.40. The molecule has 5 N–H and O–H groups in total. The lowest BCUT2D eigenvalue weighted by molar-refractivity contribution is -0.124. The van der Waals surface area contributed by atoms with Gasteiger partial charge in [-0.25, -0.2) is 4.79 Å². The molecule has 8 nitrogen and oxygen atoms in total. The smallest absolute Gasteiger partial charge is 0.316 e. The van der Waals surface area contributed by atoms with Gasteiger partial charge >= 0.3 is 6.03 Å². The summed E-state index contributed by atoms with van der Waals surface area (Å²) in [5.41, 5.74) is 6.49. The van der Waals surface area contributed by atoms with Gasteiger partial charge in [0.15, 0.2) is 5.76 Å². The number of amides is 4. The Kier molecular flexibility index (Phi) is 6.59. The number of nitrogens with two attached hydrogens (primary N) is 1. The van der Waals surface area contributed by atoms with E-state index in [0.717, 1.165) is 5.56 Å². The van der Waals surface area contributed by atoms with Gasteiger partial charge in [-0.05, 0) is 42.7 Å². The molecule has 0 aliphatic rings. The van der Waals surface area contributed by atoms with Crippen LogP contribution < -0.4 is 21.7 Å². The zero-order valence-corrected chi connectivity index (χ0v) is 15.5. The van der Waals surface area contributed by atoms with Crippen LogP contribution >= 0.6 is 0 Å². The molecular formula is C19H24N4O4. The van der Waals surface area contributed by atoms with Gasteiger partial charge in [0.25, 0.3) is 5.91 Å². The molecule has 0 aliphatic heterocycles. The van der Waals surface area contributed by atoms with Crippen molar-refractivity contribution in [3.63, 3.8) is 0 Å². The summed E-state index contributed by atoms with van der Waals surface area (Å²) in [7, 11) is 0. The van der Waals surface area contributed by atoms with E-state index in [0.29, 0.717) is 5.69 Å². The Morgan fingerprint density at radius 2 is 1.67 bits per heavy atom. The Hall–Kier alpha value is -3.29. The van der Waals surface area contributed by atoms with Gasteiger partial charge in [-0.1, -0.05) is 26.0 Å². The first kappa shape index (κ1) is 20.0. The van der Waals surface area contributed by atoms with E-state index in [1.807, 2.05) is 20.8 Å². The Balaban J connectivity index is 2.01. The van der Waals surface area contributed by atoms with Crippen molar-refractivity contribution in [3.05, 3.63) is 54.0 Å². The third-order valence-corrected chi connectivity index (χ3v) is 4.02. The summed E-state index contributed by atoms with van der Waals surface area (Å²) >= 11 is 0. The minimum absolute atomic E-state index is 0.113. The average Bonchev–Trinajstić information content (AvgIpc) is 3.13. The molecule has 0 radical (unpaired) electrons. The number of nitrogens with one attached hydrogen (secondary N) is 3. The number of hydrogen-bond donors (Lipinski definition) is 4. The van der Waals surface area contributed by atoms with Crippen LogP contribution in [0.3, 0.4) is 0 Å². The highest BCUT2D eigenvalue weighted by atomic mass is 16.3. The highest BCUT2D eigenvalue weighted by molar-refractivity contribution is 5.95. The summed E-state index contributed by atoms with van der Waals surface area (Å²) in [4.78, 5) is 35.7. The monoisotopic (exact) mass is 372 g/mol. The first-order valence-electron chi connectivity index (χ1n) is 8.59. The number of hydrogen-bond acceptors (Lipinski definition) is 4. The average molecular weight is 372 g/mol. The van der Waals surface area contributed by atoms with Gasteiger partial charge in [-0.15, -0.1) is 0 Å². The lowest BCUT2D eigenvalue weighted by atomic mass is 10.0. The number of anilines is 1. The van der Waals surface area contributed by atoms with Crippen LogP contribution in [0.5, 0.6) is 0 Å². The maximum absolute atomic E-state index is 12.7. The van der Waals surface area contributed by atoms with Crippen molar-refractivity contribution < 1.29 is 18.8 Å². The second kappa shape index (κ2) is 8.88. The Labute approximate surface area is 157 Å². The molecule has 4 amide bonds. The predicted molar refractivity (Wildman–Crippen MR) is 101 cm³/mol. The molecule has 0 fully saturated rings. The third kappa shape index (κ3) is 5.60. The topological polar surface area (TPSA) is 126 Å². The van der Waals surface area contributed by atoms with Gasteiger partial charge in [0.05, 0.1) is 12.3 Å². The molecular weight excluding hydrogens is 348 g/mol. The number of carbonyl (C=O) groups excluding carboxylic acids is 3. The lowest BCUT2D eigenvalue weighted by Crippen LogP contribution is -2.50. The molecule has 0 spiro atoms. The van der Waals surface area contributed by atoms with E-state index in [1.165, 1.54) is 12.3 Å². The maximum atomic E-state index is 12.7. The van der Waals surface area contributed by atoms with Crippen LogP contribution in [0, 0.1) is 5.92 Å². The molecule has 0 saturated carbocycles. The zero-order valence-electron chi connectivity index (χ0n) is 15.5.